The molecule has 0 bridgehead atoms. The van der Waals surface area contributed by atoms with Crippen LogP contribution in [0.1, 0.15) is 24.5 Å². The molecule has 0 radical (unpaired) electrons. The lowest BCUT2D eigenvalue weighted by atomic mass is 9.87. The van der Waals surface area contributed by atoms with E-state index in [0.717, 1.165) is 31.8 Å². The summed E-state index contributed by atoms with van der Waals surface area (Å²) < 4.78 is 10.5. The van der Waals surface area contributed by atoms with Gasteiger partial charge in [-0.15, -0.1) is 0 Å². The zero-order valence-electron chi connectivity index (χ0n) is 13.5. The van der Waals surface area contributed by atoms with Gasteiger partial charge in [0.1, 0.15) is 5.75 Å². The van der Waals surface area contributed by atoms with Crippen LogP contribution in [0.3, 0.4) is 0 Å². The van der Waals surface area contributed by atoms with Crippen molar-refractivity contribution in [1.82, 2.24) is 4.90 Å². The molecule has 0 amide bonds. The molecule has 0 unspecified atom stereocenters. The Bertz CT molecular complexity index is 629. The van der Waals surface area contributed by atoms with Crippen molar-refractivity contribution in [1.29, 1.82) is 0 Å². The summed E-state index contributed by atoms with van der Waals surface area (Å²) >= 11 is 3.64. The van der Waals surface area contributed by atoms with Crippen molar-refractivity contribution in [3.63, 3.8) is 0 Å². The molecule has 124 valence electrons. The molecule has 0 N–H and O–H groups in total. The first-order chi connectivity index (χ1) is 11.1. The Morgan fingerprint density at radius 1 is 1.43 bits per heavy atom. The molecular weight excluding hydrogens is 358 g/mol. The van der Waals surface area contributed by atoms with Gasteiger partial charge in [0.2, 0.25) is 0 Å². The molecule has 0 aromatic heterocycles. The second-order valence-corrected chi connectivity index (χ2v) is 7.20. The molecule has 1 aliphatic carbocycles. The Hall–Kier alpha value is -1.33. The van der Waals surface area contributed by atoms with E-state index < -0.39 is 0 Å². The van der Waals surface area contributed by atoms with Crippen LogP contribution in [-0.4, -0.2) is 49.0 Å². The zero-order valence-corrected chi connectivity index (χ0v) is 15.1. The second-order valence-electron chi connectivity index (χ2n) is 6.02. The molecule has 3 rings (SSSR count). The maximum absolute atomic E-state index is 12.1. The van der Waals surface area contributed by atoms with Crippen molar-refractivity contribution >= 4 is 33.5 Å². The summed E-state index contributed by atoms with van der Waals surface area (Å²) in [4.78, 5) is 14.6. The number of carbonyl (C=O) groups is 1. The molecule has 4 nitrogen and oxygen atoms in total. The zero-order chi connectivity index (χ0) is 16.4. The summed E-state index contributed by atoms with van der Waals surface area (Å²) in [6.45, 7) is 4.89. The molecule has 1 fully saturated rings. The fourth-order valence-corrected chi connectivity index (χ4v) is 3.82. The normalized spacial score (nSPS) is 23.5. The largest absolute Gasteiger partial charge is 0.497 e. The molecule has 2 aliphatic rings. The first-order valence-corrected chi connectivity index (χ1v) is 8.96. The monoisotopic (exact) mass is 379 g/mol. The number of carbonyl (C=O) groups excluding carboxylic acids is 1. The van der Waals surface area contributed by atoms with Gasteiger partial charge in [-0.3, -0.25) is 9.69 Å². The minimum absolute atomic E-state index is 0.0887. The lowest BCUT2D eigenvalue weighted by Gasteiger charge is -2.36. The summed E-state index contributed by atoms with van der Waals surface area (Å²) in [5.41, 5.74) is 3.84. The van der Waals surface area contributed by atoms with E-state index in [1.54, 1.807) is 7.11 Å². The number of methoxy groups -OCH3 is 1. The molecule has 5 heteroatoms. The van der Waals surface area contributed by atoms with Crippen LogP contribution in [0.5, 0.6) is 5.75 Å². The van der Waals surface area contributed by atoms with Crippen molar-refractivity contribution in [2.45, 2.75) is 18.2 Å². The van der Waals surface area contributed by atoms with E-state index in [4.69, 9.17) is 9.47 Å². The Balaban J connectivity index is 1.63. The van der Waals surface area contributed by atoms with Crippen LogP contribution in [0.25, 0.3) is 11.6 Å². The van der Waals surface area contributed by atoms with Gasteiger partial charge in [-0.25, -0.2) is 0 Å². The van der Waals surface area contributed by atoms with Gasteiger partial charge >= 0.3 is 5.97 Å². The standard InChI is InChI=1S/C18H22BrNO3/c1-3-23-18(21)16-11-20(7-6-17(16)19)10-13-8-12-4-5-14(22-2)9-15(12)13/h4-5,8-9,16-17H,3,6-7,10-11H2,1-2H3/t16-,17-/m1/s1. The third-order valence-electron chi connectivity index (χ3n) is 4.53. The third-order valence-corrected chi connectivity index (χ3v) is 5.63. The highest BCUT2D eigenvalue weighted by Crippen LogP contribution is 2.36. The van der Waals surface area contributed by atoms with Crippen LogP contribution in [0.2, 0.25) is 0 Å². The van der Waals surface area contributed by atoms with Crippen LogP contribution in [0.15, 0.2) is 18.2 Å². The first kappa shape index (κ1) is 16.5. The van der Waals surface area contributed by atoms with Gasteiger partial charge in [-0.05, 0) is 54.8 Å². The van der Waals surface area contributed by atoms with Crippen LogP contribution < -0.4 is 4.74 Å². The minimum Gasteiger partial charge on any atom is -0.497 e. The van der Waals surface area contributed by atoms with Crippen molar-refractivity contribution in [2.75, 3.05) is 33.4 Å². The molecule has 1 aliphatic heterocycles. The van der Waals surface area contributed by atoms with Gasteiger partial charge < -0.3 is 9.47 Å². The molecule has 1 saturated heterocycles. The number of hydrogen-bond donors (Lipinski definition) is 0. The minimum atomic E-state index is -0.0938. The average molecular weight is 380 g/mol. The van der Waals surface area contributed by atoms with E-state index in [1.807, 2.05) is 13.0 Å². The number of rotatable bonds is 5. The van der Waals surface area contributed by atoms with Crippen molar-refractivity contribution in [2.24, 2.45) is 5.92 Å². The first-order valence-electron chi connectivity index (χ1n) is 8.04. The number of piperidine rings is 1. The topological polar surface area (TPSA) is 38.8 Å². The highest BCUT2D eigenvalue weighted by Gasteiger charge is 2.34. The Morgan fingerprint density at radius 3 is 3.00 bits per heavy atom. The number of halogens is 1. The fraction of sp³-hybridized carbons (Fsp3) is 0.500. The predicted molar refractivity (Wildman–Crippen MR) is 94.8 cm³/mol. The van der Waals surface area contributed by atoms with Crippen LogP contribution >= 0.6 is 15.9 Å². The summed E-state index contributed by atoms with van der Waals surface area (Å²) in [5, 5.41) is 0. The Morgan fingerprint density at radius 2 is 2.26 bits per heavy atom. The van der Waals surface area contributed by atoms with Gasteiger partial charge in [0.25, 0.3) is 0 Å². The highest BCUT2D eigenvalue weighted by atomic mass is 79.9. The van der Waals surface area contributed by atoms with Gasteiger partial charge in [-0.1, -0.05) is 22.0 Å². The number of hydrogen-bond acceptors (Lipinski definition) is 4. The lowest BCUT2D eigenvalue weighted by Crippen LogP contribution is -2.45. The van der Waals surface area contributed by atoms with E-state index in [2.05, 4.69) is 39.0 Å². The van der Waals surface area contributed by atoms with Crippen LogP contribution in [0, 0.1) is 5.92 Å². The lowest BCUT2D eigenvalue weighted by molar-refractivity contribution is -0.149. The molecule has 2 atom stereocenters. The molecule has 1 aromatic carbocycles. The SMILES string of the molecule is CCOC(=O)[C@@H]1CN(CC2=Cc3ccc(OC)cc32)CC[C@H]1Br. The van der Waals surface area contributed by atoms with Gasteiger partial charge in [0.05, 0.1) is 19.6 Å². The van der Waals surface area contributed by atoms with Gasteiger partial charge in [0.15, 0.2) is 0 Å². The smallest absolute Gasteiger partial charge is 0.311 e. The van der Waals surface area contributed by atoms with Gasteiger partial charge in [-0.2, -0.15) is 0 Å². The molecule has 1 aromatic rings. The molecule has 0 saturated carbocycles. The summed E-state index contributed by atoms with van der Waals surface area (Å²) in [7, 11) is 1.69. The number of fused-ring (bicyclic) bond motifs is 1. The van der Waals surface area contributed by atoms with Gasteiger partial charge in [0, 0.05) is 17.9 Å². The molecule has 23 heavy (non-hydrogen) atoms. The molecular formula is C18H22BrNO3. The van der Waals surface area contributed by atoms with E-state index >= 15 is 0 Å². The quantitative estimate of drug-likeness (QED) is 0.581. The molecule has 0 spiro atoms. The second kappa shape index (κ2) is 7.05. The Labute approximate surface area is 145 Å². The molecule has 1 heterocycles. The number of alkyl halides is 1. The third kappa shape index (κ3) is 3.45. The Kier molecular flexibility index (Phi) is 5.07. The number of benzene rings is 1. The average Bonchev–Trinajstić information content (AvgIpc) is 2.54. The van der Waals surface area contributed by atoms with Crippen molar-refractivity contribution < 1.29 is 14.3 Å². The predicted octanol–water partition coefficient (Wildman–Crippen LogP) is 3.20. The van der Waals surface area contributed by atoms with Crippen LogP contribution in [0.4, 0.5) is 0 Å². The summed E-state index contributed by atoms with van der Waals surface area (Å²) in [5.74, 6) is 0.704. The number of nitrogens with zero attached hydrogens (tertiary/aromatic N) is 1. The van der Waals surface area contributed by atoms with E-state index in [-0.39, 0.29) is 16.7 Å². The van der Waals surface area contributed by atoms with E-state index in [9.17, 15) is 4.79 Å². The fourth-order valence-electron chi connectivity index (χ4n) is 3.23. The number of ether oxygens (including phenoxy) is 2. The summed E-state index contributed by atoms with van der Waals surface area (Å²) in [6, 6.07) is 6.16. The van der Waals surface area contributed by atoms with E-state index in [1.165, 1.54) is 16.7 Å². The maximum atomic E-state index is 12.1. The van der Waals surface area contributed by atoms with Crippen LogP contribution in [-0.2, 0) is 9.53 Å². The number of esters is 1. The van der Waals surface area contributed by atoms with E-state index in [0.29, 0.717) is 6.61 Å². The highest BCUT2D eigenvalue weighted by molar-refractivity contribution is 9.09. The van der Waals surface area contributed by atoms with Crippen molar-refractivity contribution in [3.05, 3.63) is 29.3 Å². The van der Waals surface area contributed by atoms with Crippen molar-refractivity contribution in [3.8, 4) is 5.75 Å². The maximum Gasteiger partial charge on any atom is 0.311 e. The number of likely N-dealkylation sites (tertiary alicyclic amines) is 1. The summed E-state index contributed by atoms with van der Waals surface area (Å²) in [6.07, 6.45) is 3.18.